The number of halogens is 1. The van der Waals surface area contributed by atoms with Crippen LogP contribution in [0.3, 0.4) is 0 Å². The molecule has 0 amide bonds. The van der Waals surface area contributed by atoms with E-state index >= 15 is 0 Å². The van der Waals surface area contributed by atoms with Crippen molar-refractivity contribution in [3.63, 3.8) is 0 Å². The van der Waals surface area contributed by atoms with Gasteiger partial charge in [-0.2, -0.15) is 5.26 Å². The molecule has 4 rings (SSSR count). The van der Waals surface area contributed by atoms with Crippen molar-refractivity contribution in [2.45, 2.75) is 31.7 Å². The van der Waals surface area contributed by atoms with Crippen LogP contribution in [0.25, 0.3) is 10.9 Å². The fourth-order valence-corrected chi connectivity index (χ4v) is 3.62. The quantitative estimate of drug-likeness (QED) is 0.849. The van der Waals surface area contributed by atoms with Crippen molar-refractivity contribution < 1.29 is 19.0 Å². The first kappa shape index (κ1) is 16.4. The maximum absolute atomic E-state index is 14.8. The Bertz CT molecular complexity index is 1010. The molecule has 0 spiro atoms. The fraction of sp³-hybridized carbons (Fsp3) is 0.389. The van der Waals surface area contributed by atoms with Crippen LogP contribution in [0.4, 0.5) is 14.9 Å². The van der Waals surface area contributed by atoms with Crippen molar-refractivity contribution in [2.75, 3.05) is 18.0 Å². The van der Waals surface area contributed by atoms with Crippen molar-refractivity contribution in [2.24, 2.45) is 0 Å². The summed E-state index contributed by atoms with van der Waals surface area (Å²) in [5, 5.41) is 18.6. The summed E-state index contributed by atoms with van der Waals surface area (Å²) < 4.78 is 21.1. The highest BCUT2D eigenvalue weighted by molar-refractivity contribution is 5.92. The molecule has 0 radical (unpaired) electrons. The minimum absolute atomic E-state index is 0.0346. The SMILES string of the molecule is N#Cc1c(N2CCCC2)c(F)cc2c(=O)c(OC(=O)O)cn(C3CC3)c12. The Balaban J connectivity index is 2.06. The number of ether oxygens (including phenoxy) is 1. The minimum atomic E-state index is -1.61. The molecule has 1 N–H and O–H groups in total. The molecule has 1 aromatic carbocycles. The number of anilines is 1. The van der Waals surface area contributed by atoms with Gasteiger partial charge >= 0.3 is 6.16 Å². The lowest BCUT2D eigenvalue weighted by Crippen LogP contribution is -2.22. The number of hydrogen-bond acceptors (Lipinski definition) is 5. The fourth-order valence-electron chi connectivity index (χ4n) is 3.62. The lowest BCUT2D eigenvalue weighted by molar-refractivity contribution is 0.143. The summed E-state index contributed by atoms with van der Waals surface area (Å²) in [6, 6.07) is 3.21. The molecule has 0 bridgehead atoms. The van der Waals surface area contributed by atoms with Crippen molar-refractivity contribution in [1.82, 2.24) is 4.57 Å². The molecule has 1 aromatic heterocycles. The zero-order valence-corrected chi connectivity index (χ0v) is 13.9. The van der Waals surface area contributed by atoms with Crippen LogP contribution in [-0.4, -0.2) is 28.9 Å². The van der Waals surface area contributed by atoms with Gasteiger partial charge < -0.3 is 19.3 Å². The predicted octanol–water partition coefficient (Wildman–Crippen LogP) is 3.00. The maximum atomic E-state index is 14.8. The third-order valence-corrected chi connectivity index (χ3v) is 4.88. The van der Waals surface area contributed by atoms with Gasteiger partial charge in [-0.25, -0.2) is 9.18 Å². The van der Waals surface area contributed by atoms with E-state index < -0.39 is 17.4 Å². The number of carboxylic acid groups (broad SMARTS) is 1. The van der Waals surface area contributed by atoms with E-state index in [1.165, 1.54) is 6.20 Å². The van der Waals surface area contributed by atoms with Gasteiger partial charge in [-0.1, -0.05) is 0 Å². The van der Waals surface area contributed by atoms with Gasteiger partial charge in [-0.3, -0.25) is 4.79 Å². The number of nitrogens with zero attached hydrogens (tertiary/aromatic N) is 3. The van der Waals surface area contributed by atoms with Gasteiger partial charge in [0.15, 0.2) is 5.75 Å². The van der Waals surface area contributed by atoms with E-state index in [4.69, 9.17) is 5.11 Å². The van der Waals surface area contributed by atoms with Crippen molar-refractivity contribution in [3.05, 3.63) is 33.9 Å². The van der Waals surface area contributed by atoms with Crippen LogP contribution in [0.15, 0.2) is 17.1 Å². The maximum Gasteiger partial charge on any atom is 0.511 e. The zero-order valence-electron chi connectivity index (χ0n) is 13.9. The highest BCUT2D eigenvalue weighted by Gasteiger charge is 2.31. The molecule has 7 nitrogen and oxygen atoms in total. The van der Waals surface area contributed by atoms with Gasteiger partial charge in [0.05, 0.1) is 22.8 Å². The Labute approximate surface area is 147 Å². The number of rotatable bonds is 3. The summed E-state index contributed by atoms with van der Waals surface area (Å²) in [6.07, 6.45) is 3.23. The van der Waals surface area contributed by atoms with Gasteiger partial charge in [-0.15, -0.1) is 0 Å². The molecule has 8 heteroatoms. The summed E-state index contributed by atoms with van der Waals surface area (Å²) in [5.74, 6) is -1.03. The number of hydrogen-bond donors (Lipinski definition) is 1. The lowest BCUT2D eigenvalue weighted by Gasteiger charge is -2.22. The molecule has 1 saturated carbocycles. The third-order valence-electron chi connectivity index (χ3n) is 4.88. The average molecular weight is 357 g/mol. The molecule has 26 heavy (non-hydrogen) atoms. The summed E-state index contributed by atoms with van der Waals surface area (Å²) in [6.45, 7) is 1.32. The Kier molecular flexibility index (Phi) is 3.80. The second-order valence-electron chi connectivity index (χ2n) is 6.61. The van der Waals surface area contributed by atoms with Gasteiger partial charge in [0, 0.05) is 19.1 Å². The van der Waals surface area contributed by atoms with Crippen LogP contribution >= 0.6 is 0 Å². The first-order valence-corrected chi connectivity index (χ1v) is 8.48. The van der Waals surface area contributed by atoms with E-state index in [0.29, 0.717) is 18.6 Å². The lowest BCUT2D eigenvalue weighted by atomic mass is 10.1. The number of benzene rings is 1. The van der Waals surface area contributed by atoms with Crippen LogP contribution in [-0.2, 0) is 0 Å². The Morgan fingerprint density at radius 3 is 2.62 bits per heavy atom. The molecule has 1 aliphatic heterocycles. The van der Waals surface area contributed by atoms with E-state index in [1.807, 2.05) is 4.90 Å². The van der Waals surface area contributed by atoms with Crippen LogP contribution in [0.2, 0.25) is 0 Å². The summed E-state index contributed by atoms with van der Waals surface area (Å²) in [5.41, 5.74) is -0.0466. The summed E-state index contributed by atoms with van der Waals surface area (Å²) in [4.78, 5) is 25.3. The monoisotopic (exact) mass is 357 g/mol. The molecule has 2 aliphatic rings. The summed E-state index contributed by atoms with van der Waals surface area (Å²) in [7, 11) is 0. The van der Waals surface area contributed by atoms with Gasteiger partial charge in [0.25, 0.3) is 0 Å². The van der Waals surface area contributed by atoms with Gasteiger partial charge in [-0.05, 0) is 31.7 Å². The van der Waals surface area contributed by atoms with Crippen LogP contribution in [0.5, 0.6) is 5.75 Å². The van der Waals surface area contributed by atoms with E-state index in [1.54, 1.807) is 4.57 Å². The van der Waals surface area contributed by atoms with E-state index in [0.717, 1.165) is 31.7 Å². The molecule has 0 unspecified atom stereocenters. The smallest absolute Gasteiger partial charge is 0.449 e. The largest absolute Gasteiger partial charge is 0.511 e. The topological polar surface area (TPSA) is 95.6 Å². The Hall–Kier alpha value is -3.08. The second-order valence-corrected chi connectivity index (χ2v) is 6.61. The molecule has 134 valence electrons. The number of nitriles is 1. The average Bonchev–Trinajstić information content (AvgIpc) is 3.31. The van der Waals surface area contributed by atoms with E-state index in [-0.39, 0.29) is 28.4 Å². The standard InChI is InChI=1S/C18H16FN3O4/c19-13-7-11-15(12(8-20)16(13)21-5-1-2-6-21)22(10-3-4-10)9-14(17(11)23)26-18(24)25/h7,9-10H,1-6H2,(H,24,25). The second kappa shape index (κ2) is 6.02. The van der Waals surface area contributed by atoms with Crippen molar-refractivity contribution >= 4 is 22.7 Å². The van der Waals surface area contributed by atoms with Gasteiger partial charge in [0.2, 0.25) is 5.43 Å². The van der Waals surface area contributed by atoms with Crippen LogP contribution in [0.1, 0.15) is 37.3 Å². The van der Waals surface area contributed by atoms with Crippen molar-refractivity contribution in [1.29, 1.82) is 5.26 Å². The van der Waals surface area contributed by atoms with Gasteiger partial charge in [0.1, 0.15) is 17.4 Å². The minimum Gasteiger partial charge on any atom is -0.449 e. The molecule has 2 heterocycles. The molecule has 2 aromatic rings. The molecule has 1 aliphatic carbocycles. The van der Waals surface area contributed by atoms with Crippen LogP contribution in [0, 0.1) is 17.1 Å². The first-order chi connectivity index (χ1) is 12.5. The molecule has 2 fully saturated rings. The highest BCUT2D eigenvalue weighted by atomic mass is 19.1. The number of fused-ring (bicyclic) bond motifs is 1. The normalized spacial score (nSPS) is 16.7. The number of carbonyl (C=O) groups is 1. The Morgan fingerprint density at radius 1 is 1.35 bits per heavy atom. The number of pyridine rings is 1. The molecular formula is C18H16FN3O4. The molecule has 0 atom stereocenters. The van der Waals surface area contributed by atoms with Crippen LogP contribution < -0.4 is 15.1 Å². The third kappa shape index (κ3) is 2.56. The predicted molar refractivity (Wildman–Crippen MR) is 91.3 cm³/mol. The van der Waals surface area contributed by atoms with E-state index in [9.17, 15) is 19.2 Å². The highest BCUT2D eigenvalue weighted by Crippen LogP contribution is 2.41. The molecular weight excluding hydrogens is 341 g/mol. The zero-order chi connectivity index (χ0) is 18.4. The first-order valence-electron chi connectivity index (χ1n) is 8.48. The van der Waals surface area contributed by atoms with Crippen molar-refractivity contribution in [3.8, 4) is 11.8 Å². The number of aromatic nitrogens is 1. The van der Waals surface area contributed by atoms with E-state index in [2.05, 4.69) is 10.8 Å². The molecule has 1 saturated heterocycles. The summed E-state index contributed by atoms with van der Waals surface area (Å²) >= 11 is 0. The Morgan fingerprint density at radius 2 is 2.04 bits per heavy atom.